The Kier molecular flexibility index (Phi) is 5.31. The molecule has 9 heteroatoms. The summed E-state index contributed by atoms with van der Waals surface area (Å²) in [5.41, 5.74) is -0.640. The number of aromatic nitrogens is 2. The maximum atomic E-state index is 12.8. The van der Waals surface area contributed by atoms with Crippen molar-refractivity contribution in [1.29, 1.82) is 0 Å². The van der Waals surface area contributed by atoms with E-state index >= 15 is 0 Å². The van der Waals surface area contributed by atoms with E-state index in [1.165, 1.54) is 12.1 Å². The van der Waals surface area contributed by atoms with Crippen molar-refractivity contribution in [2.45, 2.75) is 13.1 Å². The molecule has 0 radical (unpaired) electrons. The number of benzene rings is 1. The molecule has 1 saturated heterocycles. The van der Waals surface area contributed by atoms with Gasteiger partial charge in [0.1, 0.15) is 17.3 Å². The first-order valence-corrected chi connectivity index (χ1v) is 8.50. The molecule has 1 aliphatic rings. The molecule has 0 atom stereocenters. The van der Waals surface area contributed by atoms with Gasteiger partial charge in [0.05, 0.1) is 5.56 Å². The van der Waals surface area contributed by atoms with E-state index in [0.29, 0.717) is 11.6 Å². The summed E-state index contributed by atoms with van der Waals surface area (Å²) < 4.78 is 38.5. The summed E-state index contributed by atoms with van der Waals surface area (Å²) >= 11 is 0. The number of aryl methyl sites for hydroxylation is 1. The summed E-state index contributed by atoms with van der Waals surface area (Å²) in [4.78, 5) is 25.3. The number of carbonyl (C=O) groups is 1. The van der Waals surface area contributed by atoms with Crippen LogP contribution in [0.4, 0.5) is 24.7 Å². The van der Waals surface area contributed by atoms with E-state index in [4.69, 9.17) is 0 Å². The molecule has 144 valence electrons. The van der Waals surface area contributed by atoms with Crippen molar-refractivity contribution in [2.24, 2.45) is 0 Å². The normalized spacial score (nSPS) is 15.7. The molecule has 6 nitrogen and oxygen atoms in total. The maximum Gasteiger partial charge on any atom is 0.416 e. The van der Waals surface area contributed by atoms with Crippen molar-refractivity contribution >= 4 is 17.4 Å². The third-order valence-electron chi connectivity index (χ3n) is 4.33. The van der Waals surface area contributed by atoms with E-state index in [9.17, 15) is 18.0 Å². The Labute approximate surface area is 155 Å². The Morgan fingerprint density at radius 2 is 1.81 bits per heavy atom. The van der Waals surface area contributed by atoms with E-state index in [0.717, 1.165) is 38.3 Å². The van der Waals surface area contributed by atoms with Gasteiger partial charge in [-0.3, -0.25) is 4.79 Å². The van der Waals surface area contributed by atoms with Gasteiger partial charge in [-0.15, -0.1) is 0 Å². The van der Waals surface area contributed by atoms with Crippen LogP contribution in [0.1, 0.15) is 21.9 Å². The minimum absolute atomic E-state index is 0.0623. The molecule has 0 spiro atoms. The van der Waals surface area contributed by atoms with Gasteiger partial charge >= 0.3 is 6.18 Å². The molecule has 1 fully saturated rings. The number of carbonyl (C=O) groups excluding carboxylic acids is 1. The van der Waals surface area contributed by atoms with E-state index in [-0.39, 0.29) is 11.4 Å². The minimum Gasteiger partial charge on any atom is -0.354 e. The van der Waals surface area contributed by atoms with Crippen LogP contribution < -0.4 is 10.2 Å². The van der Waals surface area contributed by atoms with E-state index in [1.54, 1.807) is 13.0 Å². The first-order valence-electron chi connectivity index (χ1n) is 8.50. The molecule has 1 aromatic heterocycles. The number of hydrogen-bond donors (Lipinski definition) is 1. The van der Waals surface area contributed by atoms with Gasteiger partial charge < -0.3 is 15.1 Å². The Balaban J connectivity index is 1.79. The van der Waals surface area contributed by atoms with Crippen LogP contribution in [0.5, 0.6) is 0 Å². The summed E-state index contributed by atoms with van der Waals surface area (Å²) in [6, 6.07) is 6.08. The van der Waals surface area contributed by atoms with Crippen LogP contribution in [0.2, 0.25) is 0 Å². The highest BCUT2D eigenvalue weighted by Gasteiger charge is 2.30. The van der Waals surface area contributed by atoms with Gasteiger partial charge in [0.15, 0.2) is 0 Å². The van der Waals surface area contributed by atoms with Crippen LogP contribution in [-0.4, -0.2) is 54.0 Å². The molecule has 2 aromatic rings. The Hall–Kier alpha value is -2.68. The van der Waals surface area contributed by atoms with Crippen molar-refractivity contribution in [2.75, 3.05) is 43.4 Å². The number of anilines is 2. The molecular weight excluding hydrogens is 359 g/mol. The summed E-state index contributed by atoms with van der Waals surface area (Å²) in [6.07, 6.45) is -4.47. The molecule has 0 saturated carbocycles. The third-order valence-corrected chi connectivity index (χ3v) is 4.33. The first-order chi connectivity index (χ1) is 12.7. The molecular formula is C18H20F3N5O. The number of nitrogens with zero attached hydrogens (tertiary/aromatic N) is 4. The zero-order valence-electron chi connectivity index (χ0n) is 15.0. The highest BCUT2D eigenvalue weighted by molar-refractivity contribution is 6.03. The summed E-state index contributed by atoms with van der Waals surface area (Å²) in [7, 11) is 2.04. The molecule has 1 N–H and O–H groups in total. The van der Waals surface area contributed by atoms with Gasteiger partial charge in [0.25, 0.3) is 5.91 Å². The van der Waals surface area contributed by atoms with Crippen molar-refractivity contribution in [3.63, 3.8) is 0 Å². The lowest BCUT2D eigenvalue weighted by molar-refractivity contribution is -0.137. The number of nitrogens with one attached hydrogen (secondary N) is 1. The van der Waals surface area contributed by atoms with Crippen LogP contribution >= 0.6 is 0 Å². The fraction of sp³-hybridized carbons (Fsp3) is 0.389. The lowest BCUT2D eigenvalue weighted by Gasteiger charge is -2.33. The molecule has 1 aliphatic heterocycles. The molecule has 3 rings (SSSR count). The Bertz CT molecular complexity index is 832. The average molecular weight is 379 g/mol. The zero-order chi connectivity index (χ0) is 19.6. The number of rotatable bonds is 3. The molecule has 2 heterocycles. The number of hydrogen-bond acceptors (Lipinski definition) is 5. The zero-order valence-corrected chi connectivity index (χ0v) is 15.0. The van der Waals surface area contributed by atoms with Gasteiger partial charge in [-0.1, -0.05) is 6.07 Å². The quantitative estimate of drug-likeness (QED) is 0.889. The van der Waals surface area contributed by atoms with Crippen LogP contribution in [0.3, 0.4) is 0 Å². The number of alkyl halides is 3. The van der Waals surface area contributed by atoms with Gasteiger partial charge in [0, 0.05) is 37.9 Å². The van der Waals surface area contributed by atoms with Crippen LogP contribution in [0, 0.1) is 6.92 Å². The van der Waals surface area contributed by atoms with Crippen LogP contribution in [-0.2, 0) is 6.18 Å². The summed E-state index contributed by atoms with van der Waals surface area (Å²) in [5, 5.41) is 2.48. The summed E-state index contributed by atoms with van der Waals surface area (Å²) in [6.45, 7) is 5.01. The van der Waals surface area contributed by atoms with Crippen molar-refractivity contribution in [3.8, 4) is 0 Å². The molecule has 0 aliphatic carbocycles. The lowest BCUT2D eigenvalue weighted by atomic mass is 10.2. The second-order valence-corrected chi connectivity index (χ2v) is 6.48. The topological polar surface area (TPSA) is 61.4 Å². The van der Waals surface area contributed by atoms with Gasteiger partial charge in [-0.2, -0.15) is 13.2 Å². The van der Waals surface area contributed by atoms with Crippen molar-refractivity contribution in [3.05, 3.63) is 47.4 Å². The van der Waals surface area contributed by atoms with Gasteiger partial charge in [0.2, 0.25) is 0 Å². The van der Waals surface area contributed by atoms with E-state index in [1.807, 2.05) is 7.05 Å². The number of likely N-dealkylation sites (N-methyl/N-ethyl adjacent to an activating group) is 1. The predicted octanol–water partition coefficient (Wildman–Crippen LogP) is 2.81. The third kappa shape index (κ3) is 4.73. The number of amides is 1. The highest BCUT2D eigenvalue weighted by Crippen LogP contribution is 2.30. The first kappa shape index (κ1) is 19.1. The van der Waals surface area contributed by atoms with E-state index < -0.39 is 17.6 Å². The number of piperazine rings is 1. The Morgan fingerprint density at radius 1 is 1.11 bits per heavy atom. The standard InChI is InChI=1S/C18H20F3N5O/c1-12-22-15(11-16(23-12)26-8-6-25(2)7-9-26)17(27)24-14-5-3-4-13(10-14)18(19,20)21/h3-5,10-11H,6-9H2,1-2H3,(H,24,27). The second-order valence-electron chi connectivity index (χ2n) is 6.48. The van der Waals surface area contributed by atoms with Gasteiger partial charge in [-0.25, -0.2) is 9.97 Å². The molecule has 1 aromatic carbocycles. The average Bonchev–Trinajstić information content (AvgIpc) is 2.61. The smallest absolute Gasteiger partial charge is 0.354 e. The van der Waals surface area contributed by atoms with E-state index in [2.05, 4.69) is 25.1 Å². The second kappa shape index (κ2) is 7.51. The molecule has 1 amide bonds. The number of halogens is 3. The Morgan fingerprint density at radius 3 is 2.48 bits per heavy atom. The largest absolute Gasteiger partial charge is 0.416 e. The lowest BCUT2D eigenvalue weighted by Crippen LogP contribution is -2.45. The van der Waals surface area contributed by atoms with Crippen LogP contribution in [0.15, 0.2) is 30.3 Å². The molecule has 27 heavy (non-hydrogen) atoms. The fourth-order valence-corrected chi connectivity index (χ4v) is 2.83. The van der Waals surface area contributed by atoms with Gasteiger partial charge in [-0.05, 0) is 32.2 Å². The molecule has 0 unspecified atom stereocenters. The SMILES string of the molecule is Cc1nc(C(=O)Nc2cccc(C(F)(F)F)c2)cc(N2CCN(C)CC2)n1. The van der Waals surface area contributed by atoms with Crippen molar-refractivity contribution in [1.82, 2.24) is 14.9 Å². The molecule has 0 bridgehead atoms. The fourth-order valence-electron chi connectivity index (χ4n) is 2.83. The predicted molar refractivity (Wildman–Crippen MR) is 95.9 cm³/mol. The minimum atomic E-state index is -4.47. The monoisotopic (exact) mass is 379 g/mol. The van der Waals surface area contributed by atoms with Crippen molar-refractivity contribution < 1.29 is 18.0 Å². The maximum absolute atomic E-state index is 12.8. The summed E-state index contributed by atoms with van der Waals surface area (Å²) in [5.74, 6) is 0.501. The van der Waals surface area contributed by atoms with Crippen LogP contribution in [0.25, 0.3) is 0 Å². The highest BCUT2D eigenvalue weighted by atomic mass is 19.4.